The summed E-state index contributed by atoms with van der Waals surface area (Å²) in [6, 6.07) is 3.65. The Morgan fingerprint density at radius 2 is 2.33 bits per heavy atom. The van der Waals surface area contributed by atoms with E-state index in [1.54, 1.807) is 6.26 Å². The summed E-state index contributed by atoms with van der Waals surface area (Å²) < 4.78 is 10.4. The molecular formula is C13H21NO4. The second-order valence-electron chi connectivity index (χ2n) is 4.90. The Kier molecular flexibility index (Phi) is 5.19. The summed E-state index contributed by atoms with van der Waals surface area (Å²) in [6.07, 6.45) is 2.73. The normalized spacial score (nSPS) is 24.8. The summed E-state index contributed by atoms with van der Waals surface area (Å²) in [6.45, 7) is 2.05. The van der Waals surface area contributed by atoms with Crippen molar-refractivity contribution in [1.29, 1.82) is 0 Å². The van der Waals surface area contributed by atoms with E-state index >= 15 is 0 Å². The second-order valence-corrected chi connectivity index (χ2v) is 4.90. The smallest absolute Gasteiger partial charge is 0.129 e. The first-order chi connectivity index (χ1) is 8.74. The van der Waals surface area contributed by atoms with E-state index in [2.05, 4.69) is 5.32 Å². The van der Waals surface area contributed by atoms with Gasteiger partial charge in [-0.15, -0.1) is 0 Å². The van der Waals surface area contributed by atoms with Crippen LogP contribution in [0.4, 0.5) is 0 Å². The zero-order valence-corrected chi connectivity index (χ0v) is 10.4. The lowest BCUT2D eigenvalue weighted by atomic mass is 9.82. The molecule has 1 aliphatic rings. The van der Waals surface area contributed by atoms with Gasteiger partial charge in [-0.25, -0.2) is 0 Å². The zero-order chi connectivity index (χ0) is 12.8. The first kappa shape index (κ1) is 13.5. The molecule has 1 aromatic heterocycles. The number of ether oxygens (including phenoxy) is 1. The van der Waals surface area contributed by atoms with Crippen LogP contribution in [-0.4, -0.2) is 42.1 Å². The van der Waals surface area contributed by atoms with E-state index in [4.69, 9.17) is 14.3 Å². The largest absolute Gasteiger partial charge is 0.467 e. The van der Waals surface area contributed by atoms with E-state index in [0.29, 0.717) is 25.7 Å². The van der Waals surface area contributed by atoms with Crippen LogP contribution in [0.25, 0.3) is 0 Å². The van der Waals surface area contributed by atoms with Gasteiger partial charge in [0.15, 0.2) is 0 Å². The molecule has 1 atom stereocenters. The van der Waals surface area contributed by atoms with E-state index in [1.807, 2.05) is 12.1 Å². The SMILES string of the molecule is OC(CNCC1CC(O)C1)COCc1ccco1. The van der Waals surface area contributed by atoms with Crippen LogP contribution in [0.2, 0.25) is 0 Å². The van der Waals surface area contributed by atoms with Gasteiger partial charge in [0.25, 0.3) is 0 Å². The summed E-state index contributed by atoms with van der Waals surface area (Å²) in [7, 11) is 0. The Bertz CT molecular complexity index is 322. The van der Waals surface area contributed by atoms with E-state index in [9.17, 15) is 5.11 Å². The number of hydrogen-bond acceptors (Lipinski definition) is 5. The summed E-state index contributed by atoms with van der Waals surface area (Å²) in [4.78, 5) is 0. The van der Waals surface area contributed by atoms with Crippen LogP contribution in [-0.2, 0) is 11.3 Å². The van der Waals surface area contributed by atoms with Crippen LogP contribution < -0.4 is 5.32 Å². The number of hydrogen-bond donors (Lipinski definition) is 3. The molecule has 0 amide bonds. The monoisotopic (exact) mass is 255 g/mol. The topological polar surface area (TPSA) is 74.9 Å². The minimum Gasteiger partial charge on any atom is -0.467 e. The van der Waals surface area contributed by atoms with Gasteiger partial charge >= 0.3 is 0 Å². The van der Waals surface area contributed by atoms with Crippen molar-refractivity contribution in [2.45, 2.75) is 31.7 Å². The van der Waals surface area contributed by atoms with Gasteiger partial charge in [0.05, 0.1) is 25.1 Å². The van der Waals surface area contributed by atoms with Crippen molar-refractivity contribution in [2.75, 3.05) is 19.7 Å². The fourth-order valence-corrected chi connectivity index (χ4v) is 2.07. The molecule has 3 N–H and O–H groups in total. The maximum absolute atomic E-state index is 9.67. The average molecular weight is 255 g/mol. The van der Waals surface area contributed by atoms with Crippen LogP contribution in [0.15, 0.2) is 22.8 Å². The van der Waals surface area contributed by atoms with Gasteiger partial charge in [-0.3, -0.25) is 0 Å². The van der Waals surface area contributed by atoms with Crippen LogP contribution in [0.1, 0.15) is 18.6 Å². The molecule has 2 rings (SSSR count). The molecule has 0 spiro atoms. The Morgan fingerprint density at radius 3 is 3.00 bits per heavy atom. The van der Waals surface area contributed by atoms with E-state index in [0.717, 1.165) is 25.1 Å². The van der Waals surface area contributed by atoms with Crippen molar-refractivity contribution < 1.29 is 19.4 Å². The van der Waals surface area contributed by atoms with Gasteiger partial charge in [-0.1, -0.05) is 0 Å². The number of nitrogens with one attached hydrogen (secondary N) is 1. The Balaban J connectivity index is 1.46. The quantitative estimate of drug-likeness (QED) is 0.631. The fraction of sp³-hybridized carbons (Fsp3) is 0.692. The Labute approximate surface area is 107 Å². The highest BCUT2D eigenvalue weighted by Gasteiger charge is 2.26. The van der Waals surface area contributed by atoms with Crippen LogP contribution >= 0.6 is 0 Å². The van der Waals surface area contributed by atoms with Crippen LogP contribution in [0.3, 0.4) is 0 Å². The molecule has 0 radical (unpaired) electrons. The lowest BCUT2D eigenvalue weighted by molar-refractivity contribution is 0.0175. The minimum absolute atomic E-state index is 0.113. The maximum Gasteiger partial charge on any atom is 0.129 e. The first-order valence-electron chi connectivity index (χ1n) is 6.41. The Hall–Kier alpha value is -0.880. The molecule has 18 heavy (non-hydrogen) atoms. The van der Waals surface area contributed by atoms with Crippen molar-refractivity contribution in [3.8, 4) is 0 Å². The van der Waals surface area contributed by atoms with Crippen molar-refractivity contribution in [1.82, 2.24) is 5.32 Å². The van der Waals surface area contributed by atoms with Gasteiger partial charge < -0.3 is 24.7 Å². The maximum atomic E-state index is 9.67. The highest BCUT2D eigenvalue weighted by molar-refractivity contribution is 4.96. The molecule has 5 nitrogen and oxygen atoms in total. The summed E-state index contributed by atoms with van der Waals surface area (Å²) in [5.74, 6) is 1.31. The number of aliphatic hydroxyl groups excluding tert-OH is 2. The molecule has 0 aromatic carbocycles. The third-order valence-corrected chi connectivity index (χ3v) is 3.16. The highest BCUT2D eigenvalue weighted by atomic mass is 16.5. The third kappa shape index (κ3) is 4.42. The van der Waals surface area contributed by atoms with Gasteiger partial charge in [0.2, 0.25) is 0 Å². The van der Waals surface area contributed by atoms with E-state index in [1.165, 1.54) is 0 Å². The molecule has 0 aliphatic heterocycles. The minimum atomic E-state index is -0.509. The van der Waals surface area contributed by atoms with Gasteiger partial charge in [-0.2, -0.15) is 0 Å². The molecule has 102 valence electrons. The van der Waals surface area contributed by atoms with Crippen LogP contribution in [0, 0.1) is 5.92 Å². The van der Waals surface area contributed by atoms with Gasteiger partial charge in [0, 0.05) is 6.54 Å². The number of rotatable bonds is 8. The molecule has 1 saturated carbocycles. The second kappa shape index (κ2) is 6.89. The fourth-order valence-electron chi connectivity index (χ4n) is 2.07. The van der Waals surface area contributed by atoms with Crippen molar-refractivity contribution in [3.63, 3.8) is 0 Å². The number of aliphatic hydroxyl groups is 2. The van der Waals surface area contributed by atoms with E-state index < -0.39 is 6.10 Å². The molecule has 0 bridgehead atoms. The molecule has 5 heteroatoms. The van der Waals surface area contributed by atoms with Crippen LogP contribution in [0.5, 0.6) is 0 Å². The average Bonchev–Trinajstić information content (AvgIpc) is 2.79. The Morgan fingerprint density at radius 1 is 1.50 bits per heavy atom. The van der Waals surface area contributed by atoms with Gasteiger partial charge in [-0.05, 0) is 37.4 Å². The summed E-state index contributed by atoms with van der Waals surface area (Å²) >= 11 is 0. The molecule has 0 saturated heterocycles. The lowest BCUT2D eigenvalue weighted by Crippen LogP contribution is -2.39. The first-order valence-corrected chi connectivity index (χ1v) is 6.41. The molecule has 1 aromatic rings. The highest BCUT2D eigenvalue weighted by Crippen LogP contribution is 2.25. The zero-order valence-electron chi connectivity index (χ0n) is 10.4. The van der Waals surface area contributed by atoms with Crippen molar-refractivity contribution in [3.05, 3.63) is 24.2 Å². The predicted octanol–water partition coefficient (Wildman–Crippen LogP) is 0.518. The third-order valence-electron chi connectivity index (χ3n) is 3.16. The van der Waals surface area contributed by atoms with Crippen molar-refractivity contribution >= 4 is 0 Å². The molecule has 1 fully saturated rings. The molecule has 1 unspecified atom stereocenters. The van der Waals surface area contributed by atoms with E-state index in [-0.39, 0.29) is 6.10 Å². The lowest BCUT2D eigenvalue weighted by Gasteiger charge is -2.31. The molecular weight excluding hydrogens is 234 g/mol. The van der Waals surface area contributed by atoms with Gasteiger partial charge in [0.1, 0.15) is 12.4 Å². The predicted molar refractivity (Wildman–Crippen MR) is 66.0 cm³/mol. The number of furan rings is 1. The molecule has 1 aliphatic carbocycles. The summed E-state index contributed by atoms with van der Waals surface area (Å²) in [5.41, 5.74) is 0. The standard InChI is InChI=1S/C13H21NO4/c15-11-4-10(5-11)6-14-7-12(16)8-17-9-13-2-1-3-18-13/h1-3,10-12,14-16H,4-9H2. The summed E-state index contributed by atoms with van der Waals surface area (Å²) in [5, 5.41) is 22.0. The molecule has 1 heterocycles. The van der Waals surface area contributed by atoms with Crippen molar-refractivity contribution in [2.24, 2.45) is 5.92 Å².